The zero-order valence-electron chi connectivity index (χ0n) is 14.9. The number of nitrogens with zero attached hydrogens (tertiary/aromatic N) is 3. The van der Waals surface area contributed by atoms with Crippen molar-refractivity contribution in [3.8, 4) is 5.88 Å². The molecule has 1 aromatic heterocycles. The molecule has 0 radical (unpaired) electrons. The van der Waals surface area contributed by atoms with Gasteiger partial charge in [-0.2, -0.15) is 13.4 Å². The van der Waals surface area contributed by atoms with Crippen LogP contribution in [0.25, 0.3) is 0 Å². The fraction of sp³-hybridized carbons (Fsp3) is 0.200. The Bertz CT molecular complexity index is 1060. The number of benzene rings is 1. The third kappa shape index (κ3) is 4.97. The molecule has 0 saturated heterocycles. The highest BCUT2D eigenvalue weighted by Crippen LogP contribution is 2.18. The summed E-state index contributed by atoms with van der Waals surface area (Å²) in [5.74, 6) is -1.02. The molecule has 0 saturated carbocycles. The van der Waals surface area contributed by atoms with Crippen molar-refractivity contribution in [3.63, 3.8) is 0 Å². The quantitative estimate of drug-likeness (QED) is 0.552. The highest BCUT2D eigenvalue weighted by atomic mass is 32.2. The average Bonchev–Trinajstić information content (AvgIpc) is 2.65. The van der Waals surface area contributed by atoms with Gasteiger partial charge in [0.25, 0.3) is 5.62 Å². The van der Waals surface area contributed by atoms with Crippen LogP contribution in [0.3, 0.4) is 0 Å². The van der Waals surface area contributed by atoms with E-state index in [2.05, 4.69) is 24.8 Å². The van der Waals surface area contributed by atoms with Crippen molar-refractivity contribution >= 4 is 28.1 Å². The van der Waals surface area contributed by atoms with Crippen LogP contribution in [0, 0.1) is 6.92 Å². The Kier molecular flexibility index (Phi) is 6.20. The predicted molar refractivity (Wildman–Crippen MR) is 92.4 cm³/mol. The molecule has 2 rings (SSSR count). The van der Waals surface area contributed by atoms with E-state index in [0.717, 1.165) is 25.8 Å². The van der Waals surface area contributed by atoms with E-state index in [0.29, 0.717) is 0 Å². The van der Waals surface area contributed by atoms with Crippen LogP contribution >= 0.6 is 0 Å². The molecule has 13 heteroatoms. The lowest BCUT2D eigenvalue weighted by atomic mass is 10.2. The topological polar surface area (TPSA) is 158 Å². The maximum absolute atomic E-state index is 12.4. The Morgan fingerprint density at radius 2 is 1.82 bits per heavy atom. The molecule has 0 bridgehead atoms. The first kappa shape index (κ1) is 20.7. The third-order valence-corrected chi connectivity index (χ3v) is 4.41. The van der Waals surface area contributed by atoms with Gasteiger partial charge in [-0.05, 0) is 19.1 Å². The Morgan fingerprint density at radius 1 is 1.18 bits per heavy atom. The molecule has 2 aromatic rings. The lowest BCUT2D eigenvalue weighted by Gasteiger charge is -2.11. The molecule has 0 unspecified atom stereocenters. The zero-order valence-corrected chi connectivity index (χ0v) is 15.8. The predicted octanol–water partition coefficient (Wildman–Crippen LogP) is 1.04. The van der Waals surface area contributed by atoms with Gasteiger partial charge in [-0.15, -0.1) is 9.72 Å². The first-order valence-electron chi connectivity index (χ1n) is 7.48. The van der Waals surface area contributed by atoms with E-state index in [1.807, 2.05) is 0 Å². The molecule has 0 spiro atoms. The van der Waals surface area contributed by atoms with Crippen molar-refractivity contribution in [3.05, 3.63) is 41.5 Å². The number of amides is 2. The van der Waals surface area contributed by atoms with Crippen LogP contribution in [0.15, 0.2) is 40.2 Å². The highest BCUT2D eigenvalue weighted by Gasteiger charge is 2.20. The van der Waals surface area contributed by atoms with Gasteiger partial charge in [-0.3, -0.25) is 5.32 Å². The largest absolute Gasteiger partial charge is 0.453 e. The van der Waals surface area contributed by atoms with Gasteiger partial charge >= 0.3 is 22.3 Å². The number of carbonyl (C=O) groups is 2. The molecule has 0 aliphatic carbocycles. The summed E-state index contributed by atoms with van der Waals surface area (Å²) in [6, 6.07) is 6.68. The summed E-state index contributed by atoms with van der Waals surface area (Å²) >= 11 is 0. The molecule has 1 aromatic carbocycles. The molecule has 1 heterocycles. The minimum atomic E-state index is -4.30. The van der Waals surface area contributed by atoms with Crippen molar-refractivity contribution in [2.45, 2.75) is 11.8 Å². The lowest BCUT2D eigenvalue weighted by molar-refractivity contribution is 0.159. The molecule has 2 amide bonds. The number of methoxy groups -OCH3 is 2. The molecular formula is C15H16N4O8S. The summed E-state index contributed by atoms with van der Waals surface area (Å²) in [6.07, 6.45) is -2.14. The van der Waals surface area contributed by atoms with E-state index >= 15 is 0 Å². The van der Waals surface area contributed by atoms with Gasteiger partial charge in [0.1, 0.15) is 4.90 Å². The number of nitrogens with one attached hydrogen (secondary N) is 1. The van der Waals surface area contributed by atoms with E-state index in [1.54, 1.807) is 19.1 Å². The van der Waals surface area contributed by atoms with Crippen LogP contribution in [0.2, 0.25) is 0 Å². The van der Waals surface area contributed by atoms with Gasteiger partial charge in [0.2, 0.25) is 5.88 Å². The maximum Gasteiger partial charge on any atom is 0.436 e. The van der Waals surface area contributed by atoms with Crippen LogP contribution in [-0.2, 0) is 19.6 Å². The van der Waals surface area contributed by atoms with Crippen molar-refractivity contribution in [2.24, 2.45) is 4.99 Å². The van der Waals surface area contributed by atoms with Crippen LogP contribution < -0.4 is 15.1 Å². The van der Waals surface area contributed by atoms with E-state index in [4.69, 9.17) is 4.18 Å². The standard InChI is InChI=1S/C15H16N4O8S/c1-9-4-6-10(7-5-9)28(23,24)27-12-8-11(16-14(20)25-2)19(22)13(17-12)18-15(21)26-3/h4-8,22H,1-3H3,(H,16,20). The monoisotopic (exact) mass is 412 g/mol. The number of anilines is 1. The molecule has 0 aliphatic rings. The van der Waals surface area contributed by atoms with Crippen LogP contribution in [0.5, 0.6) is 5.88 Å². The zero-order chi connectivity index (χ0) is 20.9. The second-order valence-corrected chi connectivity index (χ2v) is 6.69. The molecular weight excluding hydrogens is 396 g/mol. The van der Waals surface area contributed by atoms with Gasteiger partial charge in [-0.25, -0.2) is 9.59 Å². The smallest absolute Gasteiger partial charge is 0.436 e. The fourth-order valence-corrected chi connectivity index (χ4v) is 2.69. The van der Waals surface area contributed by atoms with E-state index in [1.165, 1.54) is 12.1 Å². The maximum atomic E-state index is 12.4. The normalized spacial score (nSPS) is 11.6. The van der Waals surface area contributed by atoms with E-state index in [-0.39, 0.29) is 9.63 Å². The molecule has 12 nitrogen and oxygen atoms in total. The summed E-state index contributed by atoms with van der Waals surface area (Å²) in [6.45, 7) is 1.78. The second-order valence-electron chi connectivity index (χ2n) is 5.14. The minimum absolute atomic E-state index is 0.158. The summed E-state index contributed by atoms with van der Waals surface area (Å²) in [4.78, 5) is 29.6. The van der Waals surface area contributed by atoms with Crippen molar-refractivity contribution < 1.29 is 36.9 Å². The van der Waals surface area contributed by atoms with Crippen LogP contribution in [0.1, 0.15) is 5.56 Å². The van der Waals surface area contributed by atoms with Gasteiger partial charge < -0.3 is 18.9 Å². The summed E-state index contributed by atoms with van der Waals surface area (Å²) in [5, 5.41) is 12.1. The number of hydrogen-bond donors (Lipinski definition) is 2. The highest BCUT2D eigenvalue weighted by molar-refractivity contribution is 7.87. The number of aromatic nitrogens is 2. The molecule has 0 fully saturated rings. The molecule has 0 aliphatic heterocycles. The summed E-state index contributed by atoms with van der Waals surface area (Å²) in [5.41, 5.74) is 0.122. The van der Waals surface area contributed by atoms with Gasteiger partial charge in [0.05, 0.1) is 14.2 Å². The Hall–Kier alpha value is -3.61. The number of carbonyl (C=O) groups excluding carboxylic acids is 2. The molecule has 2 N–H and O–H groups in total. The summed E-state index contributed by atoms with van der Waals surface area (Å²) in [7, 11) is -2.20. The first-order chi connectivity index (χ1) is 13.2. The number of aryl methyl sites for hydroxylation is 1. The Balaban J connectivity index is 2.53. The lowest BCUT2D eigenvalue weighted by Crippen LogP contribution is -2.29. The van der Waals surface area contributed by atoms with Crippen molar-refractivity contribution in [1.29, 1.82) is 0 Å². The second kappa shape index (κ2) is 8.39. The Morgan fingerprint density at radius 3 is 2.39 bits per heavy atom. The van der Waals surface area contributed by atoms with E-state index < -0.39 is 39.6 Å². The number of ether oxygens (including phenoxy) is 2. The van der Waals surface area contributed by atoms with Crippen LogP contribution in [-0.4, -0.2) is 49.7 Å². The SMILES string of the molecule is COC(=O)N=c1nc(OS(=O)(=O)c2ccc(C)cc2)cc(NC(=O)OC)n1O. The third-order valence-electron chi connectivity index (χ3n) is 3.17. The van der Waals surface area contributed by atoms with Crippen LogP contribution in [0.4, 0.5) is 15.4 Å². The average molecular weight is 412 g/mol. The van der Waals surface area contributed by atoms with Gasteiger partial charge in [-0.1, -0.05) is 17.7 Å². The number of hydrogen-bond acceptors (Lipinski definition) is 9. The van der Waals surface area contributed by atoms with Gasteiger partial charge in [0, 0.05) is 6.07 Å². The minimum Gasteiger partial charge on any atom is -0.453 e. The first-order valence-corrected chi connectivity index (χ1v) is 8.89. The van der Waals surface area contributed by atoms with Crippen molar-refractivity contribution in [2.75, 3.05) is 19.5 Å². The summed E-state index contributed by atoms with van der Waals surface area (Å²) < 4.78 is 38.7. The van der Waals surface area contributed by atoms with Crippen molar-refractivity contribution in [1.82, 2.24) is 9.71 Å². The molecule has 28 heavy (non-hydrogen) atoms. The number of rotatable bonds is 4. The Labute approximate surface area is 159 Å². The molecule has 0 atom stereocenters. The van der Waals surface area contributed by atoms with E-state index in [9.17, 15) is 23.2 Å². The molecule has 150 valence electrons. The van der Waals surface area contributed by atoms with Gasteiger partial charge in [0.15, 0.2) is 5.82 Å². The fourth-order valence-electron chi connectivity index (χ4n) is 1.82.